The molecule has 1 nitrogen and oxygen atoms in total. The maximum absolute atomic E-state index is 10.7. The van der Waals surface area contributed by atoms with E-state index in [-0.39, 0.29) is 4.90 Å². The SMILES string of the molecule is [2H]c1c([2H])c([2H])c(-c2c([2H])c([2H])c(N(c3c([2H])c([2H])c4c(c3[2H])C3(c5c([2H])c([2H])c([2H])c([2H])c5-c5c([2H])c([2H])c([2H])c([2H])c53)c3c([2H])c([2H])c([2H])c([2H])c3-4)c3c([2H])c([2H])c4c(c3[2H])C(C([2H])([2H])[2H])(C([2H])([2H])[2H])c3c([2H])c([2H])c([2H])c([2H])c3-4)c([2H])c2[2H])c([2H])c1[2H]. The van der Waals surface area contributed by atoms with E-state index < -0.39 is 307 Å². The van der Waals surface area contributed by atoms with Gasteiger partial charge in [0.25, 0.3) is 0 Å². The maximum Gasteiger partial charge on any atom is 0.0726 e. The van der Waals surface area contributed by atoms with Gasteiger partial charge in [0.1, 0.15) is 0 Å². The van der Waals surface area contributed by atoms with Crippen molar-refractivity contribution in [1.82, 2.24) is 0 Å². The summed E-state index contributed by atoms with van der Waals surface area (Å²) in [6.07, 6.45) is 0. The average Bonchev–Trinajstić information content (AvgIpc) is 1.48. The molecule has 3 aliphatic carbocycles. The van der Waals surface area contributed by atoms with Crippen LogP contribution in [-0.4, -0.2) is 0 Å². The molecule has 3 aliphatic rings. The lowest BCUT2D eigenvalue weighted by molar-refractivity contribution is 0.660. The predicted molar refractivity (Wildman–Crippen MR) is 220 cm³/mol. The zero-order valence-electron chi connectivity index (χ0n) is 63.4. The predicted octanol–water partition coefficient (Wildman–Crippen LogP) is 13.5. The van der Waals surface area contributed by atoms with Gasteiger partial charge in [-0.25, -0.2) is 0 Å². The van der Waals surface area contributed by atoms with Crippen LogP contribution >= 0.6 is 0 Å². The van der Waals surface area contributed by atoms with E-state index in [1.807, 2.05) is 0 Å². The molecule has 0 unspecified atom stereocenters. The fourth-order valence-corrected chi connectivity index (χ4v) is 7.21. The van der Waals surface area contributed by atoms with E-state index in [9.17, 15) is 21.9 Å². The summed E-state index contributed by atoms with van der Waals surface area (Å²) in [6, 6.07) is -37.3. The van der Waals surface area contributed by atoms with E-state index in [1.165, 1.54) is 0 Å². The molecule has 11 rings (SSSR count). The standard InChI is InChI=1S/C52H37N/c1-51(2)45-20-10-6-16-39(45)43-30-28-37(32-49(43)51)53(36-26-24-35(25-27-36)34-14-4-3-5-15-34)38-29-31-44-42-19-9-13-23-48(42)52(50(44)33-38)46-21-11-7-17-40(46)41-18-8-12-22-47(41)52/h3-33H,1-2H3/i1D3,2D3,3D,4D,5D,6D,7D,8D,9D,10D,11D,12D,13D,14D,15D,16D,17D,18D,19D,20D,21D,22D,23D,24D,25D,26D,27D,28D,29D,30D,31D,32D,33D. The Balaban J connectivity index is 1.45. The van der Waals surface area contributed by atoms with Crippen molar-refractivity contribution in [3.8, 4) is 44.5 Å². The summed E-state index contributed by atoms with van der Waals surface area (Å²) in [5, 5.41) is 0. The molecular weight excluding hydrogens is 639 g/mol. The molecule has 0 saturated heterocycles. The van der Waals surface area contributed by atoms with Gasteiger partial charge in [-0.3, -0.25) is 0 Å². The van der Waals surface area contributed by atoms with Crippen LogP contribution in [-0.2, 0) is 10.8 Å². The van der Waals surface area contributed by atoms with Crippen LogP contribution in [0.25, 0.3) is 44.5 Å². The number of anilines is 3. The highest BCUT2D eigenvalue weighted by Crippen LogP contribution is 2.63. The van der Waals surface area contributed by atoms with Crippen LogP contribution in [0.4, 0.5) is 17.1 Å². The van der Waals surface area contributed by atoms with Gasteiger partial charge in [-0.2, -0.15) is 0 Å². The highest BCUT2D eigenvalue weighted by molar-refractivity contribution is 5.96. The second kappa shape index (κ2) is 11.0. The summed E-state index contributed by atoms with van der Waals surface area (Å²) >= 11 is 0. The van der Waals surface area contributed by atoms with E-state index >= 15 is 0 Å². The summed E-state index contributed by atoms with van der Waals surface area (Å²) in [5.74, 6) is 0. The summed E-state index contributed by atoms with van der Waals surface area (Å²) in [4.78, 5) is 0.128. The molecule has 1 spiro atoms. The highest BCUT2D eigenvalue weighted by atomic mass is 15.1. The third kappa shape index (κ3) is 4.08. The number of benzene rings is 8. The fraction of sp³-hybridized carbons (Fsp3) is 0.0769. The molecule has 0 atom stereocenters. The van der Waals surface area contributed by atoms with Crippen LogP contribution in [0.1, 0.15) is 97.8 Å². The van der Waals surface area contributed by atoms with Gasteiger partial charge in [0.15, 0.2) is 0 Å². The molecule has 0 N–H and O–H groups in total. The third-order valence-electron chi connectivity index (χ3n) is 9.38. The van der Waals surface area contributed by atoms with Crippen molar-refractivity contribution in [3.05, 3.63) is 221 Å². The van der Waals surface area contributed by atoms with Crippen LogP contribution in [0.2, 0.25) is 0 Å². The molecule has 0 amide bonds. The lowest BCUT2D eigenvalue weighted by Crippen LogP contribution is -2.26. The molecule has 250 valence electrons. The Morgan fingerprint density at radius 2 is 0.755 bits per heavy atom. The van der Waals surface area contributed by atoms with Gasteiger partial charge >= 0.3 is 0 Å². The minimum absolute atomic E-state index is 0.128. The fourth-order valence-electron chi connectivity index (χ4n) is 7.21. The van der Waals surface area contributed by atoms with Crippen molar-refractivity contribution in [1.29, 1.82) is 0 Å². The van der Waals surface area contributed by atoms with E-state index in [2.05, 4.69) is 0 Å². The number of hydrogen-bond donors (Lipinski definition) is 0. The second-order valence-corrected chi connectivity index (χ2v) is 12.0. The first-order valence-corrected chi connectivity index (χ1v) is 15.7. The Kier molecular flexibility index (Phi) is 2.30. The Labute approximate surface area is 363 Å². The van der Waals surface area contributed by atoms with Crippen molar-refractivity contribution < 1.29 is 50.7 Å². The zero-order valence-corrected chi connectivity index (χ0v) is 26.4. The molecule has 0 radical (unpaired) electrons. The Hall–Kier alpha value is -6.44. The van der Waals surface area contributed by atoms with Gasteiger partial charge < -0.3 is 4.90 Å². The molecule has 0 aliphatic heterocycles. The first-order valence-electron chi connectivity index (χ1n) is 34.2. The molecule has 8 aromatic rings. The topological polar surface area (TPSA) is 3.24 Å². The minimum atomic E-state index is -4.11. The van der Waals surface area contributed by atoms with E-state index in [0.717, 1.165) is 0 Å². The van der Waals surface area contributed by atoms with Crippen molar-refractivity contribution in [2.45, 2.75) is 24.5 Å². The molecule has 0 heterocycles. The number of nitrogens with zero attached hydrogens (tertiary/aromatic N) is 1. The molecule has 0 saturated carbocycles. The molecule has 0 bridgehead atoms. The van der Waals surface area contributed by atoms with Crippen molar-refractivity contribution >= 4 is 17.1 Å². The first-order chi connectivity index (χ1) is 41.5. The normalized spacial score (nSPS) is 24.9. The van der Waals surface area contributed by atoms with Crippen LogP contribution in [0, 0.1) is 0 Å². The molecule has 0 aromatic heterocycles. The molecule has 0 fully saturated rings. The van der Waals surface area contributed by atoms with Crippen LogP contribution in [0.5, 0.6) is 0 Å². The van der Waals surface area contributed by atoms with Crippen LogP contribution in [0.15, 0.2) is 187 Å². The number of fused-ring (bicyclic) bond motifs is 13. The quantitative estimate of drug-likeness (QED) is 0.176. The van der Waals surface area contributed by atoms with E-state index in [0.29, 0.717) is 0 Å². The number of hydrogen-bond acceptors (Lipinski definition) is 1. The van der Waals surface area contributed by atoms with Gasteiger partial charge in [-0.05, 0) is 114 Å². The Bertz CT molecular complexity index is 4590. The Morgan fingerprint density at radius 3 is 1.30 bits per heavy atom. The molecule has 8 aromatic carbocycles. The maximum atomic E-state index is 10.7. The zero-order chi connectivity index (χ0) is 67.3. The smallest absolute Gasteiger partial charge is 0.0726 e. The van der Waals surface area contributed by atoms with Gasteiger partial charge in [0.05, 0.1) is 47.9 Å². The summed E-state index contributed by atoms with van der Waals surface area (Å²) in [7, 11) is 0. The summed E-state index contributed by atoms with van der Waals surface area (Å²) in [5.41, 5.74) is -24.8. The Morgan fingerprint density at radius 1 is 0.358 bits per heavy atom. The largest absolute Gasteiger partial charge is 0.310 e. The van der Waals surface area contributed by atoms with Gasteiger partial charge in [-0.1, -0.05) is 165 Å². The van der Waals surface area contributed by atoms with Gasteiger partial charge in [-0.15, -0.1) is 0 Å². The average molecular weight is 713 g/mol. The van der Waals surface area contributed by atoms with Gasteiger partial charge in [0, 0.05) is 30.7 Å². The minimum Gasteiger partial charge on any atom is -0.310 e. The number of rotatable bonds is 4. The lowest BCUT2D eigenvalue weighted by Gasteiger charge is -2.32. The van der Waals surface area contributed by atoms with Crippen LogP contribution < -0.4 is 4.90 Å². The van der Waals surface area contributed by atoms with Gasteiger partial charge in [0.2, 0.25) is 0 Å². The monoisotopic (exact) mass is 713 g/mol. The summed E-state index contributed by atoms with van der Waals surface area (Å²) < 4.78 is 342. The van der Waals surface area contributed by atoms with E-state index in [4.69, 9.17) is 28.8 Å². The summed E-state index contributed by atoms with van der Waals surface area (Å²) in [6.45, 7) is -8.22. The van der Waals surface area contributed by atoms with Crippen molar-refractivity contribution in [2.75, 3.05) is 4.90 Å². The van der Waals surface area contributed by atoms with Crippen molar-refractivity contribution in [2.24, 2.45) is 0 Å². The molecule has 1 heteroatoms. The highest BCUT2D eigenvalue weighted by Gasteiger charge is 2.51. The lowest BCUT2D eigenvalue weighted by atomic mass is 9.70. The molecular formula is C52H37N. The van der Waals surface area contributed by atoms with Crippen LogP contribution in [0.3, 0.4) is 0 Å². The first kappa shape index (κ1) is 11.0. The van der Waals surface area contributed by atoms with Crippen molar-refractivity contribution in [3.63, 3.8) is 0 Å². The molecule has 53 heavy (non-hydrogen) atoms. The third-order valence-corrected chi connectivity index (χ3v) is 9.38. The second-order valence-electron chi connectivity index (χ2n) is 12.0. The van der Waals surface area contributed by atoms with E-state index in [1.54, 1.807) is 0 Å².